The fourth-order valence-electron chi connectivity index (χ4n) is 2.95. The van der Waals surface area contributed by atoms with Crippen LogP contribution in [0.25, 0.3) is 33.9 Å². The van der Waals surface area contributed by atoms with Crippen molar-refractivity contribution >= 4 is 0 Å². The smallest absolute Gasteiger partial charge is 0.243 e. The van der Waals surface area contributed by atoms with Gasteiger partial charge in [0.1, 0.15) is 0 Å². The largest absolute Gasteiger partial charge is 0.573 e. The maximum Gasteiger partial charge on any atom is 0.243 e. The van der Waals surface area contributed by atoms with E-state index >= 15 is 0 Å². The van der Waals surface area contributed by atoms with Crippen molar-refractivity contribution in [2.24, 2.45) is 0 Å². The van der Waals surface area contributed by atoms with Crippen molar-refractivity contribution in [3.05, 3.63) is 114 Å². The van der Waals surface area contributed by atoms with Crippen LogP contribution in [0, 0.1) is 35.0 Å². The SMILES string of the molecule is Fc1cc(-c2[c-]cccc2)nc(F)c1F.N#Cc1ccc(-c2cc(-c3ccccn3)[n-]n2)cc1.[Ir]. The molecule has 0 atom stereocenters. The molecule has 0 unspecified atom stereocenters. The molecule has 3 aromatic heterocycles. The van der Waals surface area contributed by atoms with Crippen molar-refractivity contribution in [3.8, 4) is 40.0 Å². The quantitative estimate of drug-likeness (QED) is 0.189. The Morgan fingerprint density at radius 3 is 2.26 bits per heavy atom. The molecule has 5 nitrogen and oxygen atoms in total. The third-order valence-electron chi connectivity index (χ3n) is 4.63. The molecule has 0 N–H and O–H groups in total. The number of hydrogen-bond donors (Lipinski definition) is 0. The summed E-state index contributed by atoms with van der Waals surface area (Å²) in [6, 6.07) is 27.0. The predicted octanol–water partition coefficient (Wildman–Crippen LogP) is 5.60. The van der Waals surface area contributed by atoms with Crippen LogP contribution in [0.2, 0.25) is 0 Å². The normalized spacial score (nSPS) is 9.89. The molecule has 0 amide bonds. The summed E-state index contributed by atoms with van der Waals surface area (Å²) in [5.41, 5.74) is 4.34. The van der Waals surface area contributed by atoms with Crippen molar-refractivity contribution in [1.82, 2.24) is 20.2 Å². The summed E-state index contributed by atoms with van der Waals surface area (Å²) in [4.78, 5) is 7.53. The zero-order valence-electron chi connectivity index (χ0n) is 17.8. The fraction of sp³-hybridized carbons (Fsp3) is 0. The molecule has 5 rings (SSSR count). The Hall–Kier alpha value is -4.12. The molecule has 175 valence electrons. The van der Waals surface area contributed by atoms with Crippen LogP contribution in [0.15, 0.2) is 85.1 Å². The zero-order chi connectivity index (χ0) is 23.9. The third-order valence-corrected chi connectivity index (χ3v) is 4.63. The summed E-state index contributed by atoms with van der Waals surface area (Å²) in [5.74, 6) is -4.26. The van der Waals surface area contributed by atoms with Crippen LogP contribution in [-0.2, 0) is 20.1 Å². The van der Waals surface area contributed by atoms with Crippen LogP contribution in [0.3, 0.4) is 0 Å². The second-order valence-corrected chi connectivity index (χ2v) is 6.89. The van der Waals surface area contributed by atoms with Crippen LogP contribution < -0.4 is 5.10 Å². The monoisotopic (exact) mass is 646 g/mol. The van der Waals surface area contributed by atoms with Gasteiger partial charge < -0.3 is 10.2 Å². The molecule has 0 aliphatic heterocycles. The average molecular weight is 646 g/mol. The van der Waals surface area contributed by atoms with Crippen LogP contribution in [-0.4, -0.2) is 15.1 Å². The van der Waals surface area contributed by atoms with E-state index in [1.165, 1.54) is 0 Å². The molecular formula is C26H14F3IrN5-2. The summed E-state index contributed by atoms with van der Waals surface area (Å²) in [6.45, 7) is 0. The first-order valence-corrected chi connectivity index (χ1v) is 9.96. The van der Waals surface area contributed by atoms with Gasteiger partial charge in [0.15, 0.2) is 5.82 Å². The molecule has 0 bridgehead atoms. The first kappa shape index (κ1) is 25.5. The molecule has 1 radical (unpaired) electrons. The Kier molecular flexibility index (Phi) is 8.63. The van der Waals surface area contributed by atoms with E-state index in [-0.39, 0.29) is 25.8 Å². The molecule has 35 heavy (non-hydrogen) atoms. The fourth-order valence-corrected chi connectivity index (χ4v) is 2.95. The first-order chi connectivity index (χ1) is 16.5. The van der Waals surface area contributed by atoms with E-state index in [9.17, 15) is 13.2 Å². The van der Waals surface area contributed by atoms with E-state index in [4.69, 9.17) is 5.26 Å². The van der Waals surface area contributed by atoms with Gasteiger partial charge in [-0.2, -0.15) is 14.0 Å². The molecule has 9 heteroatoms. The second-order valence-electron chi connectivity index (χ2n) is 6.89. The molecule has 3 heterocycles. The van der Waals surface area contributed by atoms with Gasteiger partial charge in [-0.15, -0.1) is 35.9 Å². The van der Waals surface area contributed by atoms with Crippen molar-refractivity contribution < 1.29 is 33.3 Å². The summed E-state index contributed by atoms with van der Waals surface area (Å²) in [5, 5.41) is 17.0. The predicted molar refractivity (Wildman–Crippen MR) is 119 cm³/mol. The van der Waals surface area contributed by atoms with Gasteiger partial charge >= 0.3 is 0 Å². The molecule has 0 spiro atoms. The van der Waals surface area contributed by atoms with Crippen molar-refractivity contribution in [1.29, 1.82) is 5.26 Å². The van der Waals surface area contributed by atoms with Gasteiger partial charge in [0.25, 0.3) is 0 Å². The van der Waals surface area contributed by atoms with Gasteiger partial charge in [-0.1, -0.05) is 23.9 Å². The molecule has 5 aromatic rings. The van der Waals surface area contributed by atoms with E-state index < -0.39 is 17.6 Å². The maximum atomic E-state index is 12.9. The Morgan fingerprint density at radius 1 is 0.857 bits per heavy atom. The van der Waals surface area contributed by atoms with E-state index in [2.05, 4.69) is 32.3 Å². The van der Waals surface area contributed by atoms with Crippen molar-refractivity contribution in [3.63, 3.8) is 0 Å². The van der Waals surface area contributed by atoms with E-state index in [1.807, 2.05) is 36.4 Å². The number of pyridine rings is 2. The van der Waals surface area contributed by atoms with E-state index in [0.29, 0.717) is 11.1 Å². The number of nitriles is 1. The summed E-state index contributed by atoms with van der Waals surface area (Å²) in [7, 11) is 0. The standard InChI is InChI=1S/C15H9N4.C11H5F3N.Ir/c16-10-11-4-6-12(7-5-11)14-9-15(19-18-14)13-3-1-2-8-17-13;12-8-6-9(15-11(14)10(8)13)7-4-2-1-3-5-7;/h1-9H;1-4,6H;/q2*-1;. The van der Waals surface area contributed by atoms with Gasteiger partial charge in [-0.05, 0) is 47.7 Å². The number of nitrogens with zero attached hydrogens (tertiary/aromatic N) is 5. The van der Waals surface area contributed by atoms with Gasteiger partial charge in [0, 0.05) is 37.7 Å². The molecule has 0 aliphatic rings. The van der Waals surface area contributed by atoms with E-state index in [0.717, 1.165) is 28.7 Å². The molecule has 0 aliphatic carbocycles. The van der Waals surface area contributed by atoms with E-state index in [1.54, 1.807) is 42.6 Å². The average Bonchev–Trinajstić information content (AvgIpc) is 3.39. The van der Waals surface area contributed by atoms with Crippen LogP contribution in [0.1, 0.15) is 5.56 Å². The first-order valence-electron chi connectivity index (χ1n) is 9.96. The summed E-state index contributed by atoms with van der Waals surface area (Å²) < 4.78 is 38.2. The van der Waals surface area contributed by atoms with Gasteiger partial charge in [-0.3, -0.25) is 9.97 Å². The minimum Gasteiger partial charge on any atom is -0.573 e. The summed E-state index contributed by atoms with van der Waals surface area (Å²) in [6.07, 6.45) is 1.73. The Balaban J connectivity index is 0.000000195. The molecular weight excluding hydrogens is 632 g/mol. The third kappa shape index (κ3) is 6.27. The molecule has 0 saturated heterocycles. The van der Waals surface area contributed by atoms with Crippen LogP contribution in [0.4, 0.5) is 13.2 Å². The van der Waals surface area contributed by atoms with Gasteiger partial charge in [-0.25, -0.2) is 4.39 Å². The maximum absolute atomic E-state index is 12.9. The zero-order valence-corrected chi connectivity index (χ0v) is 20.2. The Morgan fingerprint density at radius 2 is 1.63 bits per heavy atom. The Bertz CT molecular complexity index is 1410. The second kappa shape index (κ2) is 11.8. The summed E-state index contributed by atoms with van der Waals surface area (Å²) >= 11 is 0. The minimum absolute atomic E-state index is 0. The van der Waals surface area contributed by atoms with Crippen molar-refractivity contribution in [2.75, 3.05) is 0 Å². The molecule has 2 aromatic carbocycles. The van der Waals surface area contributed by atoms with Crippen LogP contribution >= 0.6 is 0 Å². The number of hydrogen-bond acceptors (Lipinski definition) is 4. The molecule has 0 saturated carbocycles. The molecule has 0 fully saturated rings. The number of aromatic nitrogens is 4. The van der Waals surface area contributed by atoms with Crippen molar-refractivity contribution in [2.45, 2.75) is 0 Å². The number of benzene rings is 2. The van der Waals surface area contributed by atoms with Gasteiger partial charge in [0.05, 0.1) is 11.6 Å². The minimum atomic E-state index is -1.56. The Labute approximate surface area is 212 Å². The van der Waals surface area contributed by atoms with Gasteiger partial charge in [0.2, 0.25) is 11.8 Å². The number of rotatable bonds is 3. The number of halogens is 3. The topological polar surface area (TPSA) is 76.6 Å². The van der Waals surface area contributed by atoms with Crippen LogP contribution in [0.5, 0.6) is 0 Å².